The summed E-state index contributed by atoms with van der Waals surface area (Å²) in [6.45, 7) is 1.64. The third-order valence-electron chi connectivity index (χ3n) is 3.67. The molecule has 0 radical (unpaired) electrons. The van der Waals surface area contributed by atoms with Crippen LogP contribution in [0.3, 0.4) is 0 Å². The molecule has 0 saturated carbocycles. The van der Waals surface area contributed by atoms with Gasteiger partial charge in [0.05, 0.1) is 4.83 Å². The summed E-state index contributed by atoms with van der Waals surface area (Å²) in [5.41, 5.74) is 1.36. The fraction of sp³-hybridized carbons (Fsp3) is 0.111. The van der Waals surface area contributed by atoms with Crippen LogP contribution in [0.5, 0.6) is 0 Å². The summed E-state index contributed by atoms with van der Waals surface area (Å²) in [5.74, 6) is -1.03. The van der Waals surface area contributed by atoms with Crippen LogP contribution in [0.1, 0.15) is 21.5 Å². The van der Waals surface area contributed by atoms with Crippen LogP contribution >= 0.6 is 15.9 Å². The molecule has 3 rings (SSSR count). The van der Waals surface area contributed by atoms with Gasteiger partial charge in [-0.2, -0.15) is 0 Å². The van der Waals surface area contributed by atoms with Crippen molar-refractivity contribution in [1.29, 1.82) is 0 Å². The Kier molecular flexibility index (Phi) is 3.77. The molecular formula is C18H13BrF2. The highest BCUT2D eigenvalue weighted by molar-refractivity contribution is 9.09. The van der Waals surface area contributed by atoms with E-state index in [2.05, 4.69) is 15.9 Å². The van der Waals surface area contributed by atoms with Gasteiger partial charge in [-0.15, -0.1) is 0 Å². The second kappa shape index (κ2) is 5.57. The van der Waals surface area contributed by atoms with Crippen molar-refractivity contribution in [3.63, 3.8) is 0 Å². The van der Waals surface area contributed by atoms with E-state index in [0.717, 1.165) is 16.3 Å². The van der Waals surface area contributed by atoms with Gasteiger partial charge >= 0.3 is 0 Å². The maximum Gasteiger partial charge on any atom is 0.133 e. The van der Waals surface area contributed by atoms with Gasteiger partial charge in [0.15, 0.2) is 0 Å². The number of alkyl halides is 1. The van der Waals surface area contributed by atoms with Gasteiger partial charge in [0.2, 0.25) is 0 Å². The highest BCUT2D eigenvalue weighted by atomic mass is 79.9. The Bertz CT molecular complexity index is 806. The van der Waals surface area contributed by atoms with Gasteiger partial charge in [-0.3, -0.25) is 0 Å². The maximum atomic E-state index is 14.3. The Morgan fingerprint density at radius 3 is 2.43 bits per heavy atom. The highest BCUT2D eigenvalue weighted by Gasteiger charge is 2.22. The molecule has 3 heteroatoms. The Hall–Kier alpha value is -1.74. The first-order chi connectivity index (χ1) is 10.1. The summed E-state index contributed by atoms with van der Waals surface area (Å²) in [5, 5.41) is 2.04. The lowest BCUT2D eigenvalue weighted by Crippen LogP contribution is -2.03. The summed E-state index contributed by atoms with van der Waals surface area (Å²) in [6, 6.07) is 16.4. The lowest BCUT2D eigenvalue weighted by Gasteiger charge is -2.16. The van der Waals surface area contributed by atoms with Gasteiger partial charge in [0.25, 0.3) is 0 Å². The average Bonchev–Trinajstić information content (AvgIpc) is 2.50. The van der Waals surface area contributed by atoms with E-state index in [4.69, 9.17) is 0 Å². The van der Waals surface area contributed by atoms with Crippen molar-refractivity contribution in [3.05, 3.63) is 82.9 Å². The number of hydrogen-bond donors (Lipinski definition) is 0. The third-order valence-corrected chi connectivity index (χ3v) is 4.62. The van der Waals surface area contributed by atoms with E-state index >= 15 is 0 Å². The fourth-order valence-corrected chi connectivity index (χ4v) is 3.36. The summed E-state index contributed by atoms with van der Waals surface area (Å²) >= 11 is 3.47. The zero-order chi connectivity index (χ0) is 15.0. The van der Waals surface area contributed by atoms with Crippen LogP contribution in [0.2, 0.25) is 0 Å². The van der Waals surface area contributed by atoms with Crippen LogP contribution in [0.25, 0.3) is 10.8 Å². The largest absolute Gasteiger partial charge is 0.207 e. The predicted molar refractivity (Wildman–Crippen MR) is 85.8 cm³/mol. The summed E-state index contributed by atoms with van der Waals surface area (Å²) in [6.07, 6.45) is 0. The molecule has 0 amide bonds. The number of hydrogen-bond acceptors (Lipinski definition) is 0. The van der Waals surface area contributed by atoms with Crippen molar-refractivity contribution < 1.29 is 8.78 Å². The molecule has 1 atom stereocenters. The van der Waals surface area contributed by atoms with Crippen molar-refractivity contribution in [2.45, 2.75) is 11.8 Å². The fourth-order valence-electron chi connectivity index (χ4n) is 2.54. The molecule has 106 valence electrons. The molecule has 0 spiro atoms. The zero-order valence-electron chi connectivity index (χ0n) is 11.4. The van der Waals surface area contributed by atoms with E-state index in [1.165, 1.54) is 12.1 Å². The van der Waals surface area contributed by atoms with Crippen molar-refractivity contribution >= 4 is 26.7 Å². The number of fused-ring (bicyclic) bond motifs is 1. The molecule has 1 unspecified atom stereocenters. The minimum atomic E-state index is -0.534. The van der Waals surface area contributed by atoms with Crippen molar-refractivity contribution in [2.24, 2.45) is 0 Å². The number of benzene rings is 3. The van der Waals surface area contributed by atoms with Gasteiger partial charge in [0, 0.05) is 5.56 Å². The molecule has 0 aliphatic heterocycles. The van der Waals surface area contributed by atoms with Crippen LogP contribution in [-0.4, -0.2) is 0 Å². The quantitative estimate of drug-likeness (QED) is 0.506. The lowest BCUT2D eigenvalue weighted by atomic mass is 9.96. The predicted octanol–water partition coefficient (Wildman–Crippen LogP) is 5.91. The van der Waals surface area contributed by atoms with Crippen LogP contribution < -0.4 is 0 Å². The number of aryl methyl sites for hydroxylation is 1. The average molecular weight is 347 g/mol. The summed E-state index contributed by atoms with van der Waals surface area (Å²) < 4.78 is 28.4. The van der Waals surface area contributed by atoms with Crippen molar-refractivity contribution in [2.75, 3.05) is 0 Å². The Morgan fingerprint density at radius 1 is 0.905 bits per heavy atom. The lowest BCUT2D eigenvalue weighted by molar-refractivity contribution is 0.555. The number of rotatable bonds is 2. The normalized spacial score (nSPS) is 12.6. The van der Waals surface area contributed by atoms with E-state index < -0.39 is 16.5 Å². The van der Waals surface area contributed by atoms with E-state index in [1.807, 2.05) is 42.5 Å². The third kappa shape index (κ3) is 2.46. The molecule has 0 bridgehead atoms. The first-order valence-electron chi connectivity index (χ1n) is 6.66. The standard InChI is InChI=1S/C18H13BrF2/c1-11-9-10-15(20)16(18(11)21)17(19)14-8-4-6-12-5-2-3-7-13(12)14/h2-10,17H,1H3. The molecule has 0 N–H and O–H groups in total. The van der Waals surface area contributed by atoms with Gasteiger partial charge in [-0.1, -0.05) is 64.5 Å². The topological polar surface area (TPSA) is 0 Å². The second-order valence-corrected chi connectivity index (χ2v) is 5.94. The zero-order valence-corrected chi connectivity index (χ0v) is 13.0. The van der Waals surface area contributed by atoms with Gasteiger partial charge in [-0.05, 0) is 34.9 Å². The smallest absolute Gasteiger partial charge is 0.133 e. The Labute approximate surface area is 130 Å². The molecule has 0 heterocycles. The first kappa shape index (κ1) is 14.2. The van der Waals surface area contributed by atoms with E-state index in [9.17, 15) is 8.78 Å². The summed E-state index contributed by atoms with van der Waals surface area (Å²) in [4.78, 5) is -0.525. The second-order valence-electron chi connectivity index (χ2n) is 5.02. The van der Waals surface area contributed by atoms with Gasteiger partial charge < -0.3 is 0 Å². The minimum Gasteiger partial charge on any atom is -0.207 e. The molecule has 0 fully saturated rings. The van der Waals surface area contributed by atoms with E-state index in [-0.39, 0.29) is 5.56 Å². The number of halogens is 3. The molecule has 3 aromatic rings. The Morgan fingerprint density at radius 2 is 1.62 bits per heavy atom. The first-order valence-corrected chi connectivity index (χ1v) is 7.57. The van der Waals surface area contributed by atoms with Crippen molar-refractivity contribution in [3.8, 4) is 0 Å². The molecule has 21 heavy (non-hydrogen) atoms. The van der Waals surface area contributed by atoms with Crippen LogP contribution in [-0.2, 0) is 0 Å². The minimum absolute atomic E-state index is 0.0614. The SMILES string of the molecule is Cc1ccc(F)c(C(Br)c2cccc3ccccc23)c1F. The molecule has 0 saturated heterocycles. The van der Waals surface area contributed by atoms with E-state index in [0.29, 0.717) is 5.56 Å². The van der Waals surface area contributed by atoms with Gasteiger partial charge in [0.1, 0.15) is 11.6 Å². The van der Waals surface area contributed by atoms with E-state index in [1.54, 1.807) is 6.92 Å². The molecule has 0 aliphatic carbocycles. The van der Waals surface area contributed by atoms with Crippen LogP contribution in [0, 0.1) is 18.6 Å². The highest BCUT2D eigenvalue weighted by Crippen LogP contribution is 2.38. The monoisotopic (exact) mass is 346 g/mol. The van der Waals surface area contributed by atoms with Crippen LogP contribution in [0.15, 0.2) is 54.6 Å². The summed E-state index contributed by atoms with van der Waals surface area (Å²) in [7, 11) is 0. The Balaban J connectivity index is 2.22. The van der Waals surface area contributed by atoms with Crippen molar-refractivity contribution in [1.82, 2.24) is 0 Å². The van der Waals surface area contributed by atoms with Gasteiger partial charge in [-0.25, -0.2) is 8.78 Å². The molecule has 0 aliphatic rings. The van der Waals surface area contributed by atoms with Crippen LogP contribution in [0.4, 0.5) is 8.78 Å². The molecule has 0 nitrogen and oxygen atoms in total. The molecule has 0 aromatic heterocycles. The molecule has 3 aromatic carbocycles. The molecular weight excluding hydrogens is 334 g/mol. The maximum absolute atomic E-state index is 14.3.